The van der Waals surface area contributed by atoms with E-state index in [0.29, 0.717) is 42.5 Å². The molecule has 2 heterocycles. The summed E-state index contributed by atoms with van der Waals surface area (Å²) in [6.07, 6.45) is 5.65. The molecule has 2 fully saturated rings. The lowest BCUT2D eigenvalue weighted by atomic mass is 10.1. The van der Waals surface area contributed by atoms with Gasteiger partial charge in [0.25, 0.3) is 5.91 Å². The molecule has 0 bridgehead atoms. The fourth-order valence-corrected chi connectivity index (χ4v) is 6.04. The van der Waals surface area contributed by atoms with Gasteiger partial charge < -0.3 is 19.9 Å². The van der Waals surface area contributed by atoms with Crippen LogP contribution in [-0.4, -0.2) is 65.3 Å². The summed E-state index contributed by atoms with van der Waals surface area (Å²) in [7, 11) is 1.56. The average Bonchev–Trinajstić information content (AvgIpc) is 3.64. The topological polar surface area (TPSA) is 91.8 Å². The van der Waals surface area contributed by atoms with E-state index in [-0.39, 0.29) is 29.7 Å². The van der Waals surface area contributed by atoms with Crippen molar-refractivity contribution in [2.24, 2.45) is 5.92 Å². The molecule has 1 aromatic carbocycles. The Labute approximate surface area is 213 Å². The number of methoxy groups -OCH3 is 1. The molecular formula is C25H30N4O4S2. The van der Waals surface area contributed by atoms with E-state index in [9.17, 15) is 14.4 Å². The minimum Gasteiger partial charge on any atom is -0.496 e. The van der Waals surface area contributed by atoms with Gasteiger partial charge >= 0.3 is 0 Å². The number of hydrogen-bond donors (Lipinski definition) is 1. The Kier molecular flexibility index (Phi) is 7.81. The number of ether oxygens (including phenoxy) is 1. The Morgan fingerprint density at radius 3 is 2.74 bits per heavy atom. The lowest BCUT2D eigenvalue weighted by Crippen LogP contribution is -2.43. The number of carbonyl (C=O) groups excluding carboxylic acids is 3. The van der Waals surface area contributed by atoms with Gasteiger partial charge in [-0.25, -0.2) is 4.98 Å². The van der Waals surface area contributed by atoms with Crippen molar-refractivity contribution in [1.29, 1.82) is 0 Å². The third-order valence-corrected chi connectivity index (χ3v) is 8.36. The van der Waals surface area contributed by atoms with Crippen molar-refractivity contribution in [3.63, 3.8) is 0 Å². The molecule has 1 aliphatic heterocycles. The molecule has 0 radical (unpaired) electrons. The second-order valence-corrected chi connectivity index (χ2v) is 11.2. The van der Waals surface area contributed by atoms with Crippen LogP contribution in [0.4, 0.5) is 5.13 Å². The zero-order valence-corrected chi connectivity index (χ0v) is 21.8. The molecule has 1 atom stereocenters. The van der Waals surface area contributed by atoms with Gasteiger partial charge in [-0.05, 0) is 56.9 Å². The van der Waals surface area contributed by atoms with E-state index in [0.717, 1.165) is 27.5 Å². The Morgan fingerprint density at radius 2 is 2.06 bits per heavy atom. The van der Waals surface area contributed by atoms with Gasteiger partial charge in [-0.1, -0.05) is 29.7 Å². The summed E-state index contributed by atoms with van der Waals surface area (Å²) in [6, 6.07) is 3.63. The van der Waals surface area contributed by atoms with Crippen LogP contribution in [0.3, 0.4) is 0 Å². The van der Waals surface area contributed by atoms with Crippen molar-refractivity contribution >= 4 is 46.0 Å². The van der Waals surface area contributed by atoms with Gasteiger partial charge in [0.05, 0.1) is 23.1 Å². The van der Waals surface area contributed by atoms with Crippen LogP contribution >= 0.6 is 23.1 Å². The molecule has 4 rings (SSSR count). The third-order valence-electron chi connectivity index (χ3n) is 6.19. The van der Waals surface area contributed by atoms with Crippen molar-refractivity contribution in [2.45, 2.75) is 48.3 Å². The highest BCUT2D eigenvalue weighted by atomic mass is 32.2. The van der Waals surface area contributed by atoms with Crippen LogP contribution < -0.4 is 10.1 Å². The van der Waals surface area contributed by atoms with Gasteiger partial charge in [0.2, 0.25) is 11.8 Å². The molecular weight excluding hydrogens is 484 g/mol. The summed E-state index contributed by atoms with van der Waals surface area (Å²) in [5.74, 6) is 0.441. The van der Waals surface area contributed by atoms with Gasteiger partial charge in [-0.3, -0.25) is 14.4 Å². The van der Waals surface area contributed by atoms with Crippen LogP contribution in [0.5, 0.6) is 5.75 Å². The molecule has 1 aromatic heterocycles. The quantitative estimate of drug-likeness (QED) is 0.557. The van der Waals surface area contributed by atoms with E-state index in [1.54, 1.807) is 23.1 Å². The maximum Gasteiger partial charge on any atom is 0.257 e. The monoisotopic (exact) mass is 514 g/mol. The first kappa shape index (κ1) is 25.2. The Bertz CT molecular complexity index is 1140. The Hall–Kier alpha value is -2.85. The molecule has 1 saturated carbocycles. The number of nitrogens with one attached hydrogen (secondary N) is 1. The van der Waals surface area contributed by atoms with Crippen LogP contribution in [0.15, 0.2) is 40.1 Å². The number of hydrogen-bond acceptors (Lipinski definition) is 7. The Morgan fingerprint density at radius 1 is 1.29 bits per heavy atom. The zero-order valence-electron chi connectivity index (χ0n) is 20.2. The summed E-state index contributed by atoms with van der Waals surface area (Å²) in [5, 5.41) is 3.47. The molecule has 0 unspecified atom stereocenters. The normalized spacial score (nSPS) is 18.1. The number of anilines is 1. The number of thiazole rings is 1. The maximum absolute atomic E-state index is 13.6. The molecule has 3 amide bonds. The van der Waals surface area contributed by atoms with Gasteiger partial charge in [0, 0.05) is 36.5 Å². The first-order chi connectivity index (χ1) is 16.8. The smallest absolute Gasteiger partial charge is 0.257 e. The lowest BCUT2D eigenvalue weighted by Gasteiger charge is -2.28. The van der Waals surface area contributed by atoms with Gasteiger partial charge in [-0.2, -0.15) is 0 Å². The third kappa shape index (κ3) is 5.87. The molecule has 1 aliphatic carbocycles. The summed E-state index contributed by atoms with van der Waals surface area (Å²) < 4.78 is 6.48. The summed E-state index contributed by atoms with van der Waals surface area (Å²) in [4.78, 5) is 46.6. The molecule has 0 spiro atoms. The Balaban J connectivity index is 1.52. The fraction of sp³-hybridized carbons (Fsp3) is 0.440. The average molecular weight is 515 g/mol. The van der Waals surface area contributed by atoms with E-state index in [1.165, 1.54) is 29.2 Å². The van der Waals surface area contributed by atoms with E-state index in [4.69, 9.17) is 4.74 Å². The van der Waals surface area contributed by atoms with Crippen molar-refractivity contribution in [2.75, 3.05) is 32.1 Å². The first-order valence-electron chi connectivity index (χ1n) is 11.7. The van der Waals surface area contributed by atoms with E-state index < -0.39 is 0 Å². The van der Waals surface area contributed by atoms with E-state index in [2.05, 4.69) is 16.9 Å². The van der Waals surface area contributed by atoms with Crippen molar-refractivity contribution in [3.8, 4) is 5.75 Å². The molecule has 10 heteroatoms. The fourth-order valence-electron chi connectivity index (χ4n) is 4.09. The minimum atomic E-state index is -0.120. The number of rotatable bonds is 7. The number of aryl methyl sites for hydroxylation is 1. The van der Waals surface area contributed by atoms with E-state index in [1.807, 2.05) is 26.0 Å². The predicted octanol–water partition coefficient (Wildman–Crippen LogP) is 4.21. The van der Waals surface area contributed by atoms with Crippen LogP contribution in [0, 0.1) is 12.8 Å². The summed E-state index contributed by atoms with van der Waals surface area (Å²) in [5.41, 5.74) is 1.47. The molecule has 2 aliphatic rings. The second kappa shape index (κ2) is 10.8. The highest BCUT2D eigenvalue weighted by molar-refractivity contribution is 8.01. The van der Waals surface area contributed by atoms with Crippen LogP contribution in [0.25, 0.3) is 0 Å². The first-order valence-corrected chi connectivity index (χ1v) is 13.3. The van der Waals surface area contributed by atoms with Crippen LogP contribution in [-0.2, 0) is 9.59 Å². The number of carbonyl (C=O) groups is 3. The van der Waals surface area contributed by atoms with Gasteiger partial charge in [0.15, 0.2) is 5.13 Å². The number of nitrogens with zero attached hydrogens (tertiary/aromatic N) is 3. The highest BCUT2D eigenvalue weighted by Crippen LogP contribution is 2.39. The van der Waals surface area contributed by atoms with Crippen molar-refractivity contribution in [3.05, 3.63) is 42.1 Å². The number of aromatic nitrogens is 1. The van der Waals surface area contributed by atoms with Crippen LogP contribution in [0.2, 0.25) is 0 Å². The van der Waals surface area contributed by atoms with Gasteiger partial charge in [0.1, 0.15) is 5.75 Å². The lowest BCUT2D eigenvalue weighted by molar-refractivity contribution is -0.127. The second-order valence-electron chi connectivity index (χ2n) is 8.86. The maximum atomic E-state index is 13.6. The molecule has 2 aromatic rings. The number of amides is 3. The molecule has 186 valence electrons. The minimum absolute atomic E-state index is 0.0319. The van der Waals surface area contributed by atoms with Crippen molar-refractivity contribution in [1.82, 2.24) is 14.8 Å². The molecule has 35 heavy (non-hydrogen) atoms. The van der Waals surface area contributed by atoms with Gasteiger partial charge in [-0.15, -0.1) is 0 Å². The SMILES string of the molecule is C=CC(=O)N1CCCN(C(=O)c2cc(Sc3cnc(NC(=O)C4CC4)s3)c(C)cc2OC)C[C@@H]1C. The summed E-state index contributed by atoms with van der Waals surface area (Å²) >= 11 is 2.93. The highest BCUT2D eigenvalue weighted by Gasteiger charge is 2.31. The van der Waals surface area contributed by atoms with Crippen molar-refractivity contribution < 1.29 is 19.1 Å². The number of benzene rings is 1. The van der Waals surface area contributed by atoms with Crippen LogP contribution in [0.1, 0.15) is 42.1 Å². The standard InChI is InChI=1S/C25H30N4O4S2/c1-5-21(30)29-10-6-9-28(14-16(29)3)24(32)18-12-20(15(2)11-19(18)33-4)34-22-13-26-25(35-22)27-23(31)17-7-8-17/h5,11-13,16-17H,1,6-10,14H2,2-4H3,(H,26,27,31)/t16-/m0/s1. The summed E-state index contributed by atoms with van der Waals surface area (Å²) in [6.45, 7) is 9.10. The zero-order chi connectivity index (χ0) is 25.1. The molecule has 1 saturated heterocycles. The van der Waals surface area contributed by atoms with E-state index >= 15 is 0 Å². The molecule has 8 nitrogen and oxygen atoms in total. The largest absolute Gasteiger partial charge is 0.496 e. The predicted molar refractivity (Wildman–Crippen MR) is 137 cm³/mol. The molecule has 1 N–H and O–H groups in total.